The van der Waals surface area contributed by atoms with Crippen LogP contribution >= 0.6 is 27.7 Å². The normalized spacial score (nSPS) is 20.2. The summed E-state index contributed by atoms with van der Waals surface area (Å²) in [4.78, 5) is 3.61. The van der Waals surface area contributed by atoms with E-state index in [4.69, 9.17) is 5.11 Å². The number of aliphatic hydroxyl groups is 1. The quantitative estimate of drug-likeness (QED) is 0.679. The molecule has 0 saturated heterocycles. The molecule has 0 aliphatic carbocycles. The van der Waals surface area contributed by atoms with Gasteiger partial charge in [0.2, 0.25) is 0 Å². The van der Waals surface area contributed by atoms with Gasteiger partial charge in [-0.15, -0.1) is 0 Å². The molecule has 0 saturated carbocycles. The van der Waals surface area contributed by atoms with Crippen LogP contribution in [0, 0.1) is 0 Å². The molecule has 0 fully saturated rings. The minimum absolute atomic E-state index is 0.221. The lowest BCUT2D eigenvalue weighted by atomic mass is 10.2. The average Bonchev–Trinajstić information content (AvgIpc) is 2.59. The Balaban J connectivity index is 2.10. The first-order chi connectivity index (χ1) is 8.22. The summed E-state index contributed by atoms with van der Waals surface area (Å²) < 4.78 is 0.282. The maximum atomic E-state index is 9.03. The summed E-state index contributed by atoms with van der Waals surface area (Å²) in [5.74, 6) is 0. The van der Waals surface area contributed by atoms with Crippen LogP contribution in [0.3, 0.4) is 0 Å². The summed E-state index contributed by atoms with van der Waals surface area (Å²) in [6, 6.07) is 10.4. The summed E-state index contributed by atoms with van der Waals surface area (Å²) in [5.41, 5.74) is 2.58. The van der Waals surface area contributed by atoms with Crippen molar-refractivity contribution in [1.82, 2.24) is 4.90 Å². The maximum absolute atomic E-state index is 9.03. The van der Waals surface area contributed by atoms with Crippen molar-refractivity contribution < 1.29 is 5.11 Å². The first-order valence-corrected chi connectivity index (χ1v) is 7.44. The van der Waals surface area contributed by atoms with E-state index in [-0.39, 0.29) is 10.9 Å². The highest BCUT2D eigenvalue weighted by atomic mass is 79.9. The van der Waals surface area contributed by atoms with Crippen LogP contribution in [0.2, 0.25) is 0 Å². The van der Waals surface area contributed by atoms with Gasteiger partial charge in [0.05, 0.1) is 0 Å². The van der Waals surface area contributed by atoms with Gasteiger partial charge in [0.15, 0.2) is 0 Å². The van der Waals surface area contributed by atoms with E-state index in [0.717, 1.165) is 13.0 Å². The van der Waals surface area contributed by atoms with E-state index < -0.39 is 0 Å². The van der Waals surface area contributed by atoms with Crippen molar-refractivity contribution in [1.29, 1.82) is 0 Å². The molecule has 2 nitrogen and oxygen atoms in total. The lowest BCUT2D eigenvalue weighted by molar-refractivity contribution is 0.300. The summed E-state index contributed by atoms with van der Waals surface area (Å²) in [7, 11) is 0. The van der Waals surface area contributed by atoms with Crippen LogP contribution in [0.25, 0.3) is 0 Å². The SMILES string of the molecule is CC1=C(CCO)SC(Br)N1Cc1ccccc1. The summed E-state index contributed by atoms with van der Waals surface area (Å²) in [5, 5.41) is 9.03. The Labute approximate surface area is 115 Å². The molecule has 92 valence electrons. The second-order valence-corrected chi connectivity index (χ2v) is 6.65. The summed E-state index contributed by atoms with van der Waals surface area (Å²) in [6.07, 6.45) is 0.754. The molecule has 1 aromatic carbocycles. The number of hydrogen-bond donors (Lipinski definition) is 1. The van der Waals surface area contributed by atoms with Crippen LogP contribution in [-0.4, -0.2) is 20.9 Å². The number of alkyl halides is 1. The predicted octanol–water partition coefficient (Wildman–Crippen LogP) is 3.53. The monoisotopic (exact) mass is 313 g/mol. The molecule has 1 aliphatic heterocycles. The highest BCUT2D eigenvalue weighted by Crippen LogP contribution is 2.43. The van der Waals surface area contributed by atoms with Crippen molar-refractivity contribution in [2.75, 3.05) is 6.61 Å². The Kier molecular flexibility index (Phi) is 4.54. The Hall–Kier alpha value is -0.450. The van der Waals surface area contributed by atoms with Gasteiger partial charge >= 0.3 is 0 Å². The van der Waals surface area contributed by atoms with E-state index in [1.165, 1.54) is 16.2 Å². The standard InChI is InChI=1S/C13H16BrNOS/c1-10-12(7-8-16)17-13(14)15(10)9-11-5-3-2-4-6-11/h2-6,13,16H,7-9H2,1H3. The van der Waals surface area contributed by atoms with Crippen LogP contribution in [0.4, 0.5) is 0 Å². The van der Waals surface area contributed by atoms with E-state index in [1.54, 1.807) is 11.8 Å². The van der Waals surface area contributed by atoms with Gasteiger partial charge in [-0.2, -0.15) is 0 Å². The molecular weight excluding hydrogens is 298 g/mol. The minimum atomic E-state index is 0.221. The average molecular weight is 314 g/mol. The molecule has 1 unspecified atom stereocenters. The number of allylic oxidation sites excluding steroid dienone is 1. The van der Waals surface area contributed by atoms with Crippen LogP contribution < -0.4 is 0 Å². The van der Waals surface area contributed by atoms with Crippen molar-refractivity contribution in [3.63, 3.8) is 0 Å². The third-order valence-electron chi connectivity index (χ3n) is 2.85. The van der Waals surface area contributed by atoms with E-state index in [2.05, 4.69) is 52.0 Å². The van der Waals surface area contributed by atoms with Gasteiger partial charge in [0, 0.05) is 30.2 Å². The van der Waals surface area contributed by atoms with E-state index in [9.17, 15) is 0 Å². The van der Waals surface area contributed by atoms with E-state index >= 15 is 0 Å². The summed E-state index contributed by atoms with van der Waals surface area (Å²) in [6.45, 7) is 3.26. The third-order valence-corrected chi connectivity index (χ3v) is 5.14. The van der Waals surface area contributed by atoms with Crippen LogP contribution in [0.1, 0.15) is 18.9 Å². The molecule has 1 aliphatic rings. The number of nitrogens with zero attached hydrogens (tertiary/aromatic N) is 1. The second kappa shape index (κ2) is 5.94. The van der Waals surface area contributed by atoms with Gasteiger partial charge in [-0.1, -0.05) is 58.0 Å². The Morgan fingerprint density at radius 3 is 2.71 bits per heavy atom. The molecule has 1 N–H and O–H groups in total. The molecule has 4 heteroatoms. The highest BCUT2D eigenvalue weighted by Gasteiger charge is 2.27. The zero-order chi connectivity index (χ0) is 12.3. The Bertz CT molecular complexity index is 407. The number of aliphatic hydroxyl groups excluding tert-OH is 1. The molecule has 1 atom stereocenters. The van der Waals surface area contributed by atoms with Gasteiger partial charge in [0.1, 0.15) is 4.28 Å². The van der Waals surface area contributed by atoms with Crippen LogP contribution in [0.15, 0.2) is 40.9 Å². The highest BCUT2D eigenvalue weighted by molar-refractivity contribution is 9.11. The molecule has 0 spiro atoms. The van der Waals surface area contributed by atoms with E-state index in [0.29, 0.717) is 0 Å². The molecule has 0 aromatic heterocycles. The Morgan fingerprint density at radius 1 is 1.35 bits per heavy atom. The smallest absolute Gasteiger partial charge is 0.135 e. The van der Waals surface area contributed by atoms with Crippen LogP contribution in [0.5, 0.6) is 0 Å². The first-order valence-electron chi connectivity index (χ1n) is 5.64. The van der Waals surface area contributed by atoms with Crippen molar-refractivity contribution in [2.45, 2.75) is 24.2 Å². The zero-order valence-electron chi connectivity index (χ0n) is 9.77. The maximum Gasteiger partial charge on any atom is 0.135 e. The number of halogens is 1. The second-order valence-electron chi connectivity index (χ2n) is 4.01. The molecular formula is C13H16BrNOS. The lowest BCUT2D eigenvalue weighted by Crippen LogP contribution is -2.22. The van der Waals surface area contributed by atoms with Crippen molar-refractivity contribution in [2.24, 2.45) is 0 Å². The fourth-order valence-electron chi connectivity index (χ4n) is 1.89. The van der Waals surface area contributed by atoms with Crippen molar-refractivity contribution >= 4 is 27.7 Å². The van der Waals surface area contributed by atoms with Gasteiger partial charge in [-0.25, -0.2) is 0 Å². The topological polar surface area (TPSA) is 23.5 Å². The fraction of sp³-hybridized carbons (Fsp3) is 0.385. The third kappa shape index (κ3) is 3.06. The van der Waals surface area contributed by atoms with Gasteiger partial charge in [-0.05, 0) is 12.5 Å². The first kappa shape index (κ1) is 13.0. The number of rotatable bonds is 4. The van der Waals surface area contributed by atoms with Crippen molar-refractivity contribution in [3.8, 4) is 0 Å². The minimum Gasteiger partial charge on any atom is -0.396 e. The van der Waals surface area contributed by atoms with Crippen molar-refractivity contribution in [3.05, 3.63) is 46.5 Å². The molecule has 17 heavy (non-hydrogen) atoms. The Morgan fingerprint density at radius 2 is 2.06 bits per heavy atom. The zero-order valence-corrected chi connectivity index (χ0v) is 12.2. The number of thioether (sulfide) groups is 1. The lowest BCUT2D eigenvalue weighted by Gasteiger charge is -2.23. The summed E-state index contributed by atoms with van der Waals surface area (Å²) >= 11 is 5.47. The van der Waals surface area contributed by atoms with Crippen LogP contribution in [-0.2, 0) is 6.54 Å². The van der Waals surface area contributed by atoms with Gasteiger partial charge < -0.3 is 10.0 Å². The largest absolute Gasteiger partial charge is 0.396 e. The molecule has 0 bridgehead atoms. The molecule has 0 radical (unpaired) electrons. The molecule has 1 heterocycles. The molecule has 1 aromatic rings. The molecule has 2 rings (SSSR count). The van der Waals surface area contributed by atoms with Gasteiger partial charge in [0.25, 0.3) is 0 Å². The predicted molar refractivity (Wildman–Crippen MR) is 76.7 cm³/mol. The molecule has 0 amide bonds. The van der Waals surface area contributed by atoms with Gasteiger partial charge in [-0.3, -0.25) is 0 Å². The fourth-order valence-corrected chi connectivity index (χ4v) is 4.11. The van der Waals surface area contributed by atoms with E-state index in [1.807, 2.05) is 6.07 Å². The number of hydrogen-bond acceptors (Lipinski definition) is 3. The number of benzene rings is 1.